The monoisotopic (exact) mass is 739 g/mol. The molecule has 0 unspecified atom stereocenters. The van der Waals surface area contributed by atoms with Crippen molar-refractivity contribution in [1.82, 2.24) is 5.32 Å². The molecule has 0 spiro atoms. The number of aliphatic hydroxyl groups is 2. The molecule has 1 fully saturated rings. The summed E-state index contributed by atoms with van der Waals surface area (Å²) in [5.41, 5.74) is 2.18. The first-order valence-corrected chi connectivity index (χ1v) is 20.2. The van der Waals surface area contributed by atoms with Gasteiger partial charge in [0.15, 0.2) is 9.84 Å². The van der Waals surface area contributed by atoms with Crippen molar-refractivity contribution < 1.29 is 41.4 Å². The summed E-state index contributed by atoms with van der Waals surface area (Å²) >= 11 is 5.49. The molecule has 0 amide bonds. The normalized spacial score (nSPS) is 14.4. The molecule has 10 nitrogen and oxygen atoms in total. The fourth-order valence-electron chi connectivity index (χ4n) is 5.61. The smallest absolute Gasteiger partial charge is 0.294 e. The van der Waals surface area contributed by atoms with Crippen molar-refractivity contribution in [1.29, 1.82) is 0 Å². The largest absolute Gasteiger partial charge is 0.508 e. The molecule has 0 aromatic heterocycles. The van der Waals surface area contributed by atoms with Gasteiger partial charge in [-0.3, -0.25) is 4.55 Å². The Hall–Kier alpha value is -2.55. The minimum absolute atomic E-state index is 0.0372. The van der Waals surface area contributed by atoms with Crippen molar-refractivity contribution in [3.05, 3.63) is 88.4 Å². The minimum atomic E-state index is -4.08. The average Bonchev–Trinajstić information content (AvgIpc) is 3.64. The summed E-state index contributed by atoms with van der Waals surface area (Å²) in [7, 11) is -7.27. The molecule has 13 heteroatoms. The van der Waals surface area contributed by atoms with Crippen LogP contribution in [0.1, 0.15) is 87.0 Å². The van der Waals surface area contributed by atoms with Crippen molar-refractivity contribution in [2.75, 3.05) is 26.3 Å². The summed E-state index contributed by atoms with van der Waals surface area (Å²) < 4.78 is 60.8. The van der Waals surface area contributed by atoms with E-state index in [0.29, 0.717) is 27.6 Å². The van der Waals surface area contributed by atoms with Gasteiger partial charge in [0.25, 0.3) is 10.1 Å². The van der Waals surface area contributed by atoms with Crippen LogP contribution in [0, 0.1) is 0 Å². The molecule has 1 aliphatic carbocycles. The number of aryl methyl sites for hydroxylation is 1. The number of rotatable bonds is 19. The maximum absolute atomic E-state index is 12.8. The zero-order valence-corrected chi connectivity index (χ0v) is 30.2. The lowest BCUT2D eigenvalue weighted by Gasteiger charge is -2.14. The number of halogens is 1. The number of benzene rings is 3. The summed E-state index contributed by atoms with van der Waals surface area (Å²) in [4.78, 5) is 0.334. The second-order valence-electron chi connectivity index (χ2n) is 12.3. The number of aliphatic hydroxyl groups excluding tert-OH is 2. The van der Waals surface area contributed by atoms with E-state index in [4.69, 9.17) is 20.9 Å². The Bertz CT molecular complexity index is 1630. The van der Waals surface area contributed by atoms with Gasteiger partial charge in [0.05, 0.1) is 27.8 Å². The van der Waals surface area contributed by atoms with E-state index < -0.39 is 26.1 Å². The summed E-state index contributed by atoms with van der Waals surface area (Å²) in [5, 5.41) is 32.6. The van der Waals surface area contributed by atoms with Crippen LogP contribution in [0.15, 0.2) is 76.5 Å². The first kappa shape index (κ1) is 40.9. The summed E-state index contributed by atoms with van der Waals surface area (Å²) in [6.45, 7) is 2.49. The molecule has 1 saturated carbocycles. The summed E-state index contributed by atoms with van der Waals surface area (Å²) in [6, 6.07) is 17.5. The van der Waals surface area contributed by atoms with E-state index in [1.165, 1.54) is 30.3 Å². The molecule has 3 aromatic rings. The van der Waals surface area contributed by atoms with Crippen molar-refractivity contribution in [3.63, 3.8) is 0 Å². The molecule has 0 radical (unpaired) electrons. The van der Waals surface area contributed by atoms with Gasteiger partial charge in [-0.05, 0) is 111 Å². The van der Waals surface area contributed by atoms with Gasteiger partial charge < -0.3 is 25.4 Å². The third-order valence-corrected chi connectivity index (χ3v) is 11.9. The standard InChI is InChI=1S/C30H45NO6S.C6H5ClO3S/c32-23-26-21-25(15-16-29(26)33)30(34)22-31-17-6-1-2-7-18-37-19-8-5-10-24-11-9-14-28(20-24)38(35,36)27-12-3-4-13-27;7-5-1-3-6(4-2-5)11(8,9)10/h9,11,14-16,20-21,27,30-34H,1-8,10,12-13,17-19,22-23H2;1-4H,(H,8,9,10)/t30-;/m0./s1. The van der Waals surface area contributed by atoms with E-state index in [2.05, 4.69) is 5.32 Å². The highest BCUT2D eigenvalue weighted by Gasteiger charge is 2.30. The van der Waals surface area contributed by atoms with Crippen molar-refractivity contribution in [2.24, 2.45) is 0 Å². The van der Waals surface area contributed by atoms with Crippen LogP contribution in [0.2, 0.25) is 5.02 Å². The lowest BCUT2D eigenvalue weighted by Crippen LogP contribution is -2.22. The third kappa shape index (κ3) is 14.3. The molecule has 0 saturated heterocycles. The quantitative estimate of drug-likeness (QED) is 0.0684. The molecule has 3 aromatic carbocycles. The van der Waals surface area contributed by atoms with Gasteiger partial charge in [-0.25, -0.2) is 8.42 Å². The Morgan fingerprint density at radius 2 is 1.51 bits per heavy atom. The van der Waals surface area contributed by atoms with Gasteiger partial charge in [0.1, 0.15) is 5.75 Å². The van der Waals surface area contributed by atoms with Crippen LogP contribution in [0.5, 0.6) is 5.75 Å². The fourth-order valence-corrected chi connectivity index (χ4v) is 8.14. The first-order valence-electron chi connectivity index (χ1n) is 16.9. The van der Waals surface area contributed by atoms with Crippen molar-refractivity contribution >= 4 is 31.6 Å². The van der Waals surface area contributed by atoms with Gasteiger partial charge in [0.2, 0.25) is 0 Å². The second kappa shape index (κ2) is 21.0. The van der Waals surface area contributed by atoms with Crippen LogP contribution in [0.4, 0.5) is 0 Å². The number of nitrogens with one attached hydrogen (secondary N) is 1. The molecule has 0 heterocycles. The first-order chi connectivity index (χ1) is 23.4. The van der Waals surface area contributed by atoms with Gasteiger partial charge in [-0.1, -0.05) is 55.5 Å². The lowest BCUT2D eigenvalue weighted by atomic mass is 10.1. The molecule has 0 bridgehead atoms. The maximum Gasteiger partial charge on any atom is 0.294 e. The molecular formula is C36H50ClNO9S2. The maximum atomic E-state index is 12.8. The highest BCUT2D eigenvalue weighted by molar-refractivity contribution is 7.92. The van der Waals surface area contributed by atoms with E-state index in [9.17, 15) is 32.2 Å². The Labute approximate surface area is 296 Å². The Morgan fingerprint density at radius 3 is 2.18 bits per heavy atom. The molecule has 1 atom stereocenters. The van der Waals surface area contributed by atoms with E-state index in [-0.39, 0.29) is 22.5 Å². The fraction of sp³-hybridized carbons (Fsp3) is 0.500. The third-order valence-electron chi connectivity index (χ3n) is 8.47. The zero-order valence-electron chi connectivity index (χ0n) is 27.8. The molecule has 272 valence electrons. The molecule has 1 aliphatic rings. The van der Waals surface area contributed by atoms with Crippen LogP contribution >= 0.6 is 11.6 Å². The van der Waals surface area contributed by atoms with Crippen LogP contribution in [-0.4, -0.2) is 68.3 Å². The highest BCUT2D eigenvalue weighted by atomic mass is 35.5. The van der Waals surface area contributed by atoms with Crippen molar-refractivity contribution in [3.8, 4) is 5.75 Å². The van der Waals surface area contributed by atoms with Crippen LogP contribution in [0.3, 0.4) is 0 Å². The SMILES string of the molecule is O=S(=O)(O)c1ccc(Cl)cc1.O=S(=O)(c1cccc(CCCCOCCCCCCNC[C@H](O)c2ccc(O)c(CO)c2)c1)C1CCCC1. The van der Waals surface area contributed by atoms with Crippen LogP contribution < -0.4 is 5.32 Å². The predicted octanol–water partition coefficient (Wildman–Crippen LogP) is 6.41. The predicted molar refractivity (Wildman–Crippen MR) is 191 cm³/mol. The number of phenols is 1. The van der Waals surface area contributed by atoms with Gasteiger partial charge in [-0.15, -0.1) is 0 Å². The second-order valence-corrected chi connectivity index (χ2v) is 16.4. The number of sulfone groups is 1. The Balaban J connectivity index is 0.000000501. The number of ether oxygens (including phenoxy) is 1. The molecular weight excluding hydrogens is 690 g/mol. The Kier molecular flexibility index (Phi) is 17.5. The number of unbranched alkanes of at least 4 members (excludes halogenated alkanes) is 4. The Morgan fingerprint density at radius 1 is 0.837 bits per heavy atom. The van der Waals surface area contributed by atoms with Gasteiger partial charge in [-0.2, -0.15) is 8.42 Å². The number of aromatic hydroxyl groups is 1. The topological polar surface area (TPSA) is 170 Å². The van der Waals surface area contributed by atoms with Gasteiger partial charge >= 0.3 is 0 Å². The van der Waals surface area contributed by atoms with Crippen LogP contribution in [-0.2, 0) is 37.7 Å². The molecule has 0 aliphatic heterocycles. The minimum Gasteiger partial charge on any atom is -0.508 e. The molecule has 49 heavy (non-hydrogen) atoms. The van der Waals surface area contributed by atoms with Crippen molar-refractivity contribution in [2.45, 2.75) is 98.4 Å². The van der Waals surface area contributed by atoms with E-state index in [0.717, 1.165) is 96.0 Å². The van der Waals surface area contributed by atoms with Crippen LogP contribution in [0.25, 0.3) is 0 Å². The summed E-state index contributed by atoms with van der Waals surface area (Å²) in [6.07, 6.45) is 10.0. The lowest BCUT2D eigenvalue weighted by molar-refractivity contribution is 0.126. The summed E-state index contributed by atoms with van der Waals surface area (Å²) in [5.74, 6) is 0.0372. The average molecular weight is 740 g/mol. The van der Waals surface area contributed by atoms with E-state index in [1.54, 1.807) is 18.2 Å². The number of hydrogen-bond acceptors (Lipinski definition) is 9. The molecule has 4 rings (SSSR count). The zero-order chi connectivity index (χ0) is 35.7. The molecule has 5 N–H and O–H groups in total. The van der Waals surface area contributed by atoms with E-state index >= 15 is 0 Å². The van der Waals surface area contributed by atoms with E-state index in [1.807, 2.05) is 18.2 Å². The number of hydrogen-bond donors (Lipinski definition) is 5. The highest BCUT2D eigenvalue weighted by Crippen LogP contribution is 2.30. The van der Waals surface area contributed by atoms with Gasteiger partial charge in [0, 0.05) is 30.3 Å².